The maximum atomic E-state index is 13.0. The van der Waals surface area contributed by atoms with Crippen molar-refractivity contribution in [2.24, 2.45) is 11.8 Å². The van der Waals surface area contributed by atoms with Gasteiger partial charge in [0.15, 0.2) is 5.82 Å². The predicted octanol–water partition coefficient (Wildman–Crippen LogP) is 2.89. The van der Waals surface area contributed by atoms with Crippen LogP contribution in [0.15, 0.2) is 53.4 Å². The van der Waals surface area contributed by atoms with Crippen LogP contribution < -0.4 is 5.32 Å². The highest BCUT2D eigenvalue weighted by Gasteiger charge is 2.31. The lowest BCUT2D eigenvalue weighted by molar-refractivity contribution is 0.102. The molecule has 0 bridgehead atoms. The largest absolute Gasteiger partial charge is 0.322 e. The van der Waals surface area contributed by atoms with E-state index in [0.717, 1.165) is 12.1 Å². The lowest BCUT2D eigenvalue weighted by atomic mass is 9.94. The van der Waals surface area contributed by atoms with E-state index in [1.165, 1.54) is 24.3 Å². The van der Waals surface area contributed by atoms with Crippen molar-refractivity contribution in [3.63, 3.8) is 0 Å². The summed E-state index contributed by atoms with van der Waals surface area (Å²) < 4.78 is 29.2. The van der Waals surface area contributed by atoms with Crippen LogP contribution in [-0.2, 0) is 10.0 Å². The molecule has 9 nitrogen and oxygen atoms in total. The van der Waals surface area contributed by atoms with E-state index in [9.17, 15) is 13.2 Å². The van der Waals surface area contributed by atoms with Crippen LogP contribution in [0.4, 0.5) is 5.69 Å². The van der Waals surface area contributed by atoms with E-state index < -0.39 is 10.0 Å². The number of amides is 1. The standard InChI is InChI=1S/C22H26N6O3S/c1-15-11-16(2)14-27(13-15)32(30,31)21-9-7-18(8-10-21)22(29)23-19-5-4-6-20(12-19)28-17(3)24-25-26-28/h4-10,12,15-16H,11,13-14H2,1-3H3,(H,23,29). The predicted molar refractivity (Wildman–Crippen MR) is 120 cm³/mol. The first kappa shape index (κ1) is 22.1. The Bertz CT molecular complexity index is 1210. The summed E-state index contributed by atoms with van der Waals surface area (Å²) in [7, 11) is -3.58. The summed E-state index contributed by atoms with van der Waals surface area (Å²) in [6, 6.07) is 13.2. The highest BCUT2D eigenvalue weighted by molar-refractivity contribution is 7.89. The Morgan fingerprint density at radius 2 is 1.75 bits per heavy atom. The van der Waals surface area contributed by atoms with E-state index in [0.29, 0.717) is 42.0 Å². The molecule has 10 heteroatoms. The van der Waals surface area contributed by atoms with Gasteiger partial charge in [-0.3, -0.25) is 4.79 Å². The minimum Gasteiger partial charge on any atom is -0.322 e. The van der Waals surface area contributed by atoms with Gasteiger partial charge in [0.25, 0.3) is 5.91 Å². The lowest BCUT2D eigenvalue weighted by Gasteiger charge is -2.34. The van der Waals surface area contributed by atoms with Crippen molar-refractivity contribution >= 4 is 21.6 Å². The molecule has 2 unspecified atom stereocenters. The minimum atomic E-state index is -3.58. The molecule has 1 aliphatic heterocycles. The quantitative estimate of drug-likeness (QED) is 0.635. The third-order valence-electron chi connectivity index (χ3n) is 5.56. The van der Waals surface area contributed by atoms with Crippen LogP contribution in [0.1, 0.15) is 36.5 Å². The van der Waals surface area contributed by atoms with Crippen molar-refractivity contribution in [3.8, 4) is 5.69 Å². The van der Waals surface area contributed by atoms with E-state index in [2.05, 4.69) is 34.7 Å². The Hall–Kier alpha value is -3.11. The number of carbonyl (C=O) groups excluding carboxylic acids is 1. The van der Waals surface area contributed by atoms with E-state index >= 15 is 0 Å². The van der Waals surface area contributed by atoms with Gasteiger partial charge >= 0.3 is 0 Å². The smallest absolute Gasteiger partial charge is 0.255 e. The molecular formula is C22H26N6O3S. The molecule has 0 aliphatic carbocycles. The van der Waals surface area contributed by atoms with Crippen LogP contribution in [0.25, 0.3) is 5.69 Å². The number of nitrogens with one attached hydrogen (secondary N) is 1. The third-order valence-corrected chi connectivity index (χ3v) is 7.41. The summed E-state index contributed by atoms with van der Waals surface area (Å²) in [6.45, 7) is 6.96. The van der Waals surface area contributed by atoms with Gasteiger partial charge in [-0.1, -0.05) is 19.9 Å². The van der Waals surface area contributed by atoms with Crippen molar-refractivity contribution < 1.29 is 13.2 Å². The topological polar surface area (TPSA) is 110 Å². The second kappa shape index (κ2) is 8.79. The van der Waals surface area contributed by atoms with Crippen molar-refractivity contribution in [2.45, 2.75) is 32.1 Å². The Labute approximate surface area is 187 Å². The number of nitrogens with zero attached hydrogens (tertiary/aromatic N) is 5. The first-order chi connectivity index (χ1) is 15.2. The number of carbonyl (C=O) groups is 1. The van der Waals surface area contributed by atoms with Gasteiger partial charge in [-0.2, -0.15) is 8.99 Å². The number of hydrogen-bond acceptors (Lipinski definition) is 6. The zero-order valence-electron chi connectivity index (χ0n) is 18.3. The average Bonchev–Trinajstić information content (AvgIpc) is 3.19. The molecule has 168 valence electrons. The summed E-state index contributed by atoms with van der Waals surface area (Å²) >= 11 is 0. The van der Waals surface area contributed by atoms with E-state index in [1.54, 1.807) is 34.1 Å². The Kier molecular flexibility index (Phi) is 6.07. The zero-order chi connectivity index (χ0) is 22.9. The second-order valence-corrected chi connectivity index (χ2v) is 10.4. The van der Waals surface area contributed by atoms with Crippen LogP contribution in [0.5, 0.6) is 0 Å². The van der Waals surface area contributed by atoms with E-state index in [4.69, 9.17) is 0 Å². The van der Waals surface area contributed by atoms with Crippen molar-refractivity contribution in [2.75, 3.05) is 18.4 Å². The van der Waals surface area contributed by atoms with Gasteiger partial charge in [-0.05, 0) is 78.1 Å². The Morgan fingerprint density at radius 3 is 2.38 bits per heavy atom. The van der Waals surface area contributed by atoms with Gasteiger partial charge in [-0.15, -0.1) is 5.10 Å². The van der Waals surface area contributed by atoms with Gasteiger partial charge in [0.1, 0.15) is 0 Å². The molecular weight excluding hydrogens is 428 g/mol. The molecule has 32 heavy (non-hydrogen) atoms. The fourth-order valence-electron chi connectivity index (χ4n) is 4.12. The molecule has 2 atom stereocenters. The molecule has 1 N–H and O–H groups in total. The zero-order valence-corrected chi connectivity index (χ0v) is 19.1. The summed E-state index contributed by atoms with van der Waals surface area (Å²) in [6.07, 6.45) is 1.03. The molecule has 0 spiro atoms. The van der Waals surface area contributed by atoms with Crippen molar-refractivity contribution in [3.05, 3.63) is 59.9 Å². The number of sulfonamides is 1. The summed E-state index contributed by atoms with van der Waals surface area (Å²) in [5.74, 6) is 0.945. The highest BCUT2D eigenvalue weighted by Crippen LogP contribution is 2.27. The number of rotatable bonds is 5. The van der Waals surface area contributed by atoms with E-state index in [-0.39, 0.29) is 10.8 Å². The maximum absolute atomic E-state index is 13.0. The van der Waals surface area contributed by atoms with Crippen LogP contribution in [0, 0.1) is 18.8 Å². The average molecular weight is 455 g/mol. The Balaban J connectivity index is 1.49. The molecule has 0 radical (unpaired) electrons. The molecule has 2 aromatic carbocycles. The number of benzene rings is 2. The normalized spacial score (nSPS) is 19.6. The van der Waals surface area contributed by atoms with Gasteiger partial charge < -0.3 is 5.32 Å². The first-order valence-electron chi connectivity index (χ1n) is 10.5. The van der Waals surface area contributed by atoms with Gasteiger partial charge in [0.05, 0.1) is 10.6 Å². The van der Waals surface area contributed by atoms with Crippen molar-refractivity contribution in [1.29, 1.82) is 0 Å². The number of aromatic nitrogens is 4. The number of aryl methyl sites for hydroxylation is 1. The summed E-state index contributed by atoms with van der Waals surface area (Å²) in [5, 5.41) is 14.3. The number of hydrogen-bond donors (Lipinski definition) is 1. The molecule has 4 rings (SSSR count). The third kappa shape index (κ3) is 4.56. The maximum Gasteiger partial charge on any atom is 0.255 e. The summed E-state index contributed by atoms with van der Waals surface area (Å²) in [4.78, 5) is 12.9. The minimum absolute atomic E-state index is 0.200. The molecule has 2 heterocycles. The first-order valence-corrected chi connectivity index (χ1v) is 11.9. The highest BCUT2D eigenvalue weighted by atomic mass is 32.2. The van der Waals surface area contributed by atoms with Crippen molar-refractivity contribution in [1.82, 2.24) is 24.5 Å². The van der Waals surface area contributed by atoms with Crippen LogP contribution in [0.2, 0.25) is 0 Å². The van der Waals surface area contributed by atoms with Gasteiger partial charge in [0, 0.05) is 24.3 Å². The van der Waals surface area contributed by atoms with Gasteiger partial charge in [0.2, 0.25) is 10.0 Å². The molecule has 1 aromatic heterocycles. The van der Waals surface area contributed by atoms with Crippen LogP contribution in [0.3, 0.4) is 0 Å². The molecule has 1 amide bonds. The van der Waals surface area contributed by atoms with E-state index in [1.807, 2.05) is 6.07 Å². The van der Waals surface area contributed by atoms with Crippen LogP contribution in [-0.4, -0.2) is 51.9 Å². The second-order valence-electron chi connectivity index (χ2n) is 8.43. The van der Waals surface area contributed by atoms with Crippen LogP contribution >= 0.6 is 0 Å². The molecule has 0 saturated carbocycles. The molecule has 1 aliphatic rings. The molecule has 1 fully saturated rings. The molecule has 3 aromatic rings. The van der Waals surface area contributed by atoms with Gasteiger partial charge in [-0.25, -0.2) is 8.42 Å². The number of tetrazole rings is 1. The monoisotopic (exact) mass is 454 g/mol. The Morgan fingerprint density at radius 1 is 1.06 bits per heavy atom. The lowest BCUT2D eigenvalue weighted by Crippen LogP contribution is -2.42. The fourth-order valence-corrected chi connectivity index (χ4v) is 5.80. The summed E-state index contributed by atoms with van der Waals surface area (Å²) in [5.41, 5.74) is 1.67. The number of anilines is 1. The fraction of sp³-hybridized carbons (Fsp3) is 0.364. The SMILES string of the molecule is Cc1nnnn1-c1cccc(NC(=O)c2ccc(S(=O)(=O)N3CC(C)CC(C)C3)cc2)c1. The number of piperidine rings is 1. The molecule has 1 saturated heterocycles.